The maximum Gasteiger partial charge on any atom is 1.00 e. The van der Waals surface area contributed by atoms with Gasteiger partial charge >= 0.3 is 37.7 Å². The largest absolute Gasteiger partial charge is 1.00 e. The van der Waals surface area contributed by atoms with Gasteiger partial charge in [-0.25, -0.2) is 9.97 Å². The summed E-state index contributed by atoms with van der Waals surface area (Å²) in [6.07, 6.45) is 15.8. The number of nitrogens with one attached hydrogen (secondary N) is 1. The van der Waals surface area contributed by atoms with Crippen molar-refractivity contribution >= 4 is 46.4 Å². The summed E-state index contributed by atoms with van der Waals surface area (Å²) >= 11 is 0. The van der Waals surface area contributed by atoms with Crippen molar-refractivity contribution in [2.45, 2.75) is 0 Å². The summed E-state index contributed by atoms with van der Waals surface area (Å²) in [5, 5.41) is 0. The van der Waals surface area contributed by atoms with Gasteiger partial charge in [-0.2, -0.15) is 0 Å². The fourth-order valence-electron chi connectivity index (χ4n) is 5.91. The third-order valence-electron chi connectivity index (χ3n) is 7.95. The van der Waals surface area contributed by atoms with Crippen molar-refractivity contribution < 1.29 is 37.7 Å². The molecule has 46 heavy (non-hydrogen) atoms. The van der Waals surface area contributed by atoms with E-state index in [9.17, 15) is 0 Å². The van der Waals surface area contributed by atoms with Crippen LogP contribution in [0.1, 0.15) is 28.3 Å². The van der Waals surface area contributed by atoms with Crippen molar-refractivity contribution in [1.29, 1.82) is 0 Å². The summed E-state index contributed by atoms with van der Waals surface area (Å²) in [5.74, 6) is 2.48. The zero-order chi connectivity index (χ0) is 29.5. The number of nitrogens with zero attached hydrogens (tertiary/aromatic N) is 3. The van der Waals surface area contributed by atoms with Gasteiger partial charge in [0.25, 0.3) is 0 Å². The summed E-state index contributed by atoms with van der Waals surface area (Å²) in [5.41, 5.74) is 13.8. The first-order chi connectivity index (χ1) is 21.7. The molecule has 6 aromatic rings. The summed E-state index contributed by atoms with van der Waals surface area (Å²) < 4.78 is 0. The second kappa shape index (κ2) is 13.2. The van der Waals surface area contributed by atoms with Crippen LogP contribution in [0.3, 0.4) is 0 Å². The van der Waals surface area contributed by atoms with Gasteiger partial charge in [0.05, 0.1) is 22.8 Å². The van der Waals surface area contributed by atoms with Gasteiger partial charge in [0.2, 0.25) is 0 Å². The van der Waals surface area contributed by atoms with Gasteiger partial charge < -0.3 is 16.4 Å². The molecular formula is C40H24Li2N4. The van der Waals surface area contributed by atoms with E-state index in [2.05, 4.69) is 71.6 Å². The number of H-pyrrole nitrogens is 1. The molecular weight excluding hydrogens is 550 g/mol. The molecule has 0 unspecified atom stereocenters. The minimum absolute atomic E-state index is 0. The Bertz CT molecular complexity index is 2290. The van der Waals surface area contributed by atoms with Crippen LogP contribution in [0, 0.1) is 12.3 Å². The first-order valence-electron chi connectivity index (χ1n) is 14.5. The van der Waals surface area contributed by atoms with Crippen molar-refractivity contribution in [2.24, 2.45) is 0 Å². The van der Waals surface area contributed by atoms with Crippen LogP contribution < -0.4 is 42.7 Å². The second-order valence-electron chi connectivity index (χ2n) is 10.7. The predicted molar refractivity (Wildman–Crippen MR) is 180 cm³/mol. The Morgan fingerprint density at radius 3 is 1.72 bits per heavy atom. The molecule has 206 valence electrons. The predicted octanol–water partition coefficient (Wildman–Crippen LogP) is 3.23. The molecule has 0 radical (unpaired) electrons. The molecule has 6 heteroatoms. The van der Waals surface area contributed by atoms with Gasteiger partial charge in [0, 0.05) is 22.2 Å². The molecule has 8 bridgehead atoms. The van der Waals surface area contributed by atoms with Crippen LogP contribution in [0.4, 0.5) is 0 Å². The molecule has 0 spiro atoms. The van der Waals surface area contributed by atoms with E-state index in [1.165, 1.54) is 0 Å². The first kappa shape index (κ1) is 31.0. The van der Waals surface area contributed by atoms with E-state index >= 15 is 0 Å². The molecule has 4 nitrogen and oxygen atoms in total. The van der Waals surface area contributed by atoms with Gasteiger partial charge in [-0.1, -0.05) is 91.0 Å². The van der Waals surface area contributed by atoms with Gasteiger partial charge in [-0.15, -0.1) is 28.7 Å². The van der Waals surface area contributed by atoms with Crippen molar-refractivity contribution in [1.82, 2.24) is 19.9 Å². The van der Waals surface area contributed by atoms with Crippen molar-refractivity contribution in [2.75, 3.05) is 0 Å². The minimum Gasteiger partial charge on any atom is -0.657 e. The topological polar surface area (TPSA) is 55.7 Å². The molecule has 1 N–H and O–H groups in total. The molecule has 0 saturated heterocycles. The van der Waals surface area contributed by atoms with Crippen LogP contribution in [-0.4, -0.2) is 15.0 Å². The Morgan fingerprint density at radius 1 is 0.543 bits per heavy atom. The van der Waals surface area contributed by atoms with Crippen molar-refractivity contribution in [3.63, 3.8) is 0 Å². The Hall–Kier alpha value is -4.99. The average molecular weight is 575 g/mol. The standard InChI is InChI=1S/C40H24N4.2Li/c1-2-26-13-15-29(16-14-26)40-36-23-21-34(43-36)38(27-9-5-3-6-10-27)32-19-17-30(41-32)25-31-18-20-33(42-31)39(28-11-7-4-8-12-28)35-22-24-37(40)44-35;;/h3-25,43H;;/q-2;2*+1. The summed E-state index contributed by atoms with van der Waals surface area (Å²) in [7, 11) is 0. The summed E-state index contributed by atoms with van der Waals surface area (Å²) in [6, 6.07) is 38.8. The average Bonchev–Trinajstić information content (AvgIpc) is 3.90. The number of aromatic nitrogens is 4. The third kappa shape index (κ3) is 5.75. The molecule has 8 rings (SSSR count). The summed E-state index contributed by atoms with van der Waals surface area (Å²) in [6.45, 7) is 0. The molecule has 0 fully saturated rings. The smallest absolute Gasteiger partial charge is 0.657 e. The first-order valence-corrected chi connectivity index (χ1v) is 14.5. The van der Waals surface area contributed by atoms with Gasteiger partial charge in [0.15, 0.2) is 0 Å². The minimum atomic E-state index is 0. The molecule has 0 saturated carbocycles. The Labute approximate surface area is 291 Å². The Morgan fingerprint density at radius 2 is 1.09 bits per heavy atom. The van der Waals surface area contributed by atoms with Crippen molar-refractivity contribution in [3.8, 4) is 39.3 Å². The maximum absolute atomic E-state index is 7.58. The van der Waals surface area contributed by atoms with E-state index in [-0.39, 0.29) is 37.7 Å². The van der Waals surface area contributed by atoms with Gasteiger partial charge in [-0.05, 0) is 58.7 Å². The zero-order valence-electron chi connectivity index (χ0n) is 25.6. The normalized spacial score (nSPS) is 11.4. The number of benzene rings is 3. The molecule has 2 aliphatic rings. The second-order valence-corrected chi connectivity index (χ2v) is 10.7. The molecule has 3 aromatic carbocycles. The Balaban J connectivity index is 0.00000186. The third-order valence-corrected chi connectivity index (χ3v) is 7.95. The number of rotatable bonds is 3. The monoisotopic (exact) mass is 574 g/mol. The van der Waals surface area contributed by atoms with E-state index in [0.29, 0.717) is 0 Å². The number of hydrogen-bond acceptors (Lipinski definition) is 2. The van der Waals surface area contributed by atoms with E-state index in [1.807, 2.05) is 78.9 Å². The quantitative estimate of drug-likeness (QED) is 0.200. The van der Waals surface area contributed by atoms with E-state index in [1.54, 1.807) is 0 Å². The van der Waals surface area contributed by atoms with Crippen LogP contribution in [0.2, 0.25) is 0 Å². The van der Waals surface area contributed by atoms with Crippen LogP contribution in [0.15, 0.2) is 115 Å². The fourth-order valence-corrected chi connectivity index (χ4v) is 5.91. The van der Waals surface area contributed by atoms with Crippen LogP contribution in [0.5, 0.6) is 0 Å². The van der Waals surface area contributed by atoms with E-state index in [4.69, 9.17) is 21.4 Å². The van der Waals surface area contributed by atoms with Crippen LogP contribution >= 0.6 is 0 Å². The molecule has 0 atom stereocenters. The maximum atomic E-state index is 7.58. The number of hydrogen-bond donors (Lipinski definition) is 1. The summed E-state index contributed by atoms with van der Waals surface area (Å²) in [4.78, 5) is 19.0. The van der Waals surface area contributed by atoms with Crippen LogP contribution in [0.25, 0.3) is 79.8 Å². The van der Waals surface area contributed by atoms with E-state index in [0.717, 1.165) is 83.8 Å². The molecule has 0 amide bonds. The molecule has 5 heterocycles. The Kier molecular flexibility index (Phi) is 8.88. The number of aromatic amines is 1. The molecule has 0 aliphatic carbocycles. The van der Waals surface area contributed by atoms with Crippen LogP contribution in [-0.2, 0) is 0 Å². The van der Waals surface area contributed by atoms with Crippen molar-refractivity contribution in [3.05, 3.63) is 150 Å². The zero-order valence-corrected chi connectivity index (χ0v) is 25.6. The van der Waals surface area contributed by atoms with Gasteiger partial charge in [-0.3, -0.25) is 5.92 Å². The molecule has 3 aromatic heterocycles. The SMILES string of the molecule is [C-]#Cc1ccc(-c2c3nc(c(-c4ccccc4)c4ccc(cc5nc(c(-c6ccccc6)c6ccc2[nH]6)C=C5)[n-]4)C=C3)cc1.[Li+].[Li+]. The van der Waals surface area contributed by atoms with E-state index < -0.39 is 0 Å². The number of fused-ring (bicyclic) bond motifs is 8. The fraction of sp³-hybridized carbons (Fsp3) is 0. The van der Waals surface area contributed by atoms with Gasteiger partial charge in [0.1, 0.15) is 0 Å². The molecule has 2 aliphatic heterocycles.